The minimum atomic E-state index is -0.404. The zero-order valence-electron chi connectivity index (χ0n) is 9.57. The van der Waals surface area contributed by atoms with Gasteiger partial charge in [-0.1, -0.05) is 11.6 Å². The molecule has 2 aromatic heterocycles. The Bertz CT molecular complexity index is 785. The molecule has 2 N–H and O–H groups in total. The van der Waals surface area contributed by atoms with E-state index in [4.69, 9.17) is 17.3 Å². The molecule has 0 atom stereocenters. The van der Waals surface area contributed by atoms with E-state index in [1.165, 1.54) is 18.2 Å². The minimum absolute atomic E-state index is 0.296. The van der Waals surface area contributed by atoms with Crippen LogP contribution in [-0.2, 0) is 0 Å². The summed E-state index contributed by atoms with van der Waals surface area (Å²) >= 11 is 9.25. The second-order valence-corrected chi connectivity index (χ2v) is 5.40. The summed E-state index contributed by atoms with van der Waals surface area (Å²) in [6.07, 6.45) is 1.78. The van der Waals surface area contributed by atoms with Crippen molar-refractivity contribution in [3.05, 3.63) is 51.8 Å². The van der Waals surface area contributed by atoms with Crippen molar-refractivity contribution in [1.82, 2.24) is 9.38 Å². The van der Waals surface area contributed by atoms with Crippen LogP contribution in [-0.4, -0.2) is 9.38 Å². The third-order valence-corrected chi connectivity index (χ3v) is 3.51. The van der Waals surface area contributed by atoms with E-state index in [2.05, 4.69) is 20.9 Å². The van der Waals surface area contributed by atoms with Crippen LogP contribution in [0, 0.1) is 5.82 Å². The van der Waals surface area contributed by atoms with Crippen LogP contribution in [0.25, 0.3) is 16.9 Å². The van der Waals surface area contributed by atoms with Crippen molar-refractivity contribution in [3.63, 3.8) is 0 Å². The molecule has 3 rings (SSSR count). The van der Waals surface area contributed by atoms with Gasteiger partial charge in [0.2, 0.25) is 0 Å². The number of fused-ring (bicyclic) bond motifs is 1. The van der Waals surface area contributed by atoms with Gasteiger partial charge >= 0.3 is 0 Å². The lowest BCUT2D eigenvalue weighted by molar-refractivity contribution is 0.631. The lowest BCUT2D eigenvalue weighted by atomic mass is 10.1. The Hall–Kier alpha value is -1.59. The maximum Gasteiger partial charge on any atom is 0.139 e. The first-order valence-corrected chi connectivity index (χ1v) is 6.62. The zero-order chi connectivity index (χ0) is 13.6. The molecule has 0 bridgehead atoms. The molecule has 0 radical (unpaired) electrons. The molecule has 19 heavy (non-hydrogen) atoms. The Balaban J connectivity index is 2.31. The highest BCUT2D eigenvalue weighted by molar-refractivity contribution is 9.10. The van der Waals surface area contributed by atoms with Gasteiger partial charge in [-0.05, 0) is 46.3 Å². The SMILES string of the molecule is Nc1c(-c2cc(Cl)ccc2F)nc2ccc(Br)cn12. The van der Waals surface area contributed by atoms with E-state index < -0.39 is 5.82 Å². The van der Waals surface area contributed by atoms with Crippen LogP contribution in [0.2, 0.25) is 5.02 Å². The lowest BCUT2D eigenvalue weighted by Crippen LogP contribution is -1.95. The monoisotopic (exact) mass is 339 g/mol. The Morgan fingerprint density at radius 1 is 1.26 bits per heavy atom. The number of nitrogens with zero attached hydrogens (tertiary/aromatic N) is 2. The number of aromatic nitrogens is 2. The maximum atomic E-state index is 13.9. The van der Waals surface area contributed by atoms with Crippen molar-refractivity contribution in [3.8, 4) is 11.3 Å². The van der Waals surface area contributed by atoms with Crippen molar-refractivity contribution in [2.45, 2.75) is 0 Å². The molecule has 3 nitrogen and oxygen atoms in total. The van der Waals surface area contributed by atoms with Crippen LogP contribution in [0.4, 0.5) is 10.2 Å². The van der Waals surface area contributed by atoms with Gasteiger partial charge in [-0.15, -0.1) is 0 Å². The fourth-order valence-electron chi connectivity index (χ4n) is 1.91. The summed E-state index contributed by atoms with van der Waals surface area (Å²) in [6.45, 7) is 0. The summed E-state index contributed by atoms with van der Waals surface area (Å²) in [5.41, 5.74) is 7.36. The van der Waals surface area contributed by atoms with Gasteiger partial charge < -0.3 is 5.73 Å². The van der Waals surface area contributed by atoms with Crippen molar-refractivity contribution in [2.75, 3.05) is 5.73 Å². The van der Waals surface area contributed by atoms with E-state index in [1.807, 2.05) is 6.07 Å². The van der Waals surface area contributed by atoms with Crippen LogP contribution < -0.4 is 5.73 Å². The average Bonchev–Trinajstić information content (AvgIpc) is 2.70. The molecular weight excluding hydrogens is 333 g/mol. The van der Waals surface area contributed by atoms with Crippen molar-refractivity contribution in [1.29, 1.82) is 0 Å². The Morgan fingerprint density at radius 2 is 2.05 bits per heavy atom. The minimum Gasteiger partial charge on any atom is -0.383 e. The second-order valence-electron chi connectivity index (χ2n) is 4.05. The van der Waals surface area contributed by atoms with Crippen molar-refractivity contribution < 1.29 is 4.39 Å². The molecule has 0 aliphatic rings. The summed E-state index contributed by atoms with van der Waals surface area (Å²) in [7, 11) is 0. The number of benzene rings is 1. The molecule has 3 aromatic rings. The Kier molecular flexibility index (Phi) is 2.95. The largest absolute Gasteiger partial charge is 0.383 e. The molecule has 6 heteroatoms. The Labute approximate surface area is 122 Å². The molecule has 0 aliphatic heterocycles. The highest BCUT2D eigenvalue weighted by atomic mass is 79.9. The number of hydrogen-bond acceptors (Lipinski definition) is 2. The van der Waals surface area contributed by atoms with Gasteiger partial charge in [0, 0.05) is 21.3 Å². The molecule has 0 unspecified atom stereocenters. The summed E-state index contributed by atoms with van der Waals surface area (Å²) in [5, 5.41) is 0.439. The highest BCUT2D eigenvalue weighted by Crippen LogP contribution is 2.31. The zero-order valence-corrected chi connectivity index (χ0v) is 11.9. The molecule has 0 amide bonds. The smallest absolute Gasteiger partial charge is 0.139 e. The van der Waals surface area contributed by atoms with Gasteiger partial charge in [0.05, 0.1) is 0 Å². The van der Waals surface area contributed by atoms with Gasteiger partial charge in [0.25, 0.3) is 0 Å². The van der Waals surface area contributed by atoms with E-state index in [-0.39, 0.29) is 0 Å². The summed E-state index contributed by atoms with van der Waals surface area (Å²) in [5.74, 6) is -0.0314. The van der Waals surface area contributed by atoms with Gasteiger partial charge in [0.1, 0.15) is 23.0 Å². The second kappa shape index (κ2) is 4.51. The van der Waals surface area contributed by atoms with E-state index in [0.29, 0.717) is 27.7 Å². The molecule has 0 fully saturated rings. The molecule has 2 heterocycles. The van der Waals surface area contributed by atoms with E-state index in [1.54, 1.807) is 16.7 Å². The highest BCUT2D eigenvalue weighted by Gasteiger charge is 2.15. The normalized spacial score (nSPS) is 11.1. The molecular formula is C13H8BrClFN3. The standard InChI is InChI=1S/C13H8BrClFN3/c14-7-1-4-11-18-12(13(17)19(11)6-7)9-5-8(15)2-3-10(9)16/h1-6H,17H2. The van der Waals surface area contributed by atoms with Crippen LogP contribution in [0.3, 0.4) is 0 Å². The maximum absolute atomic E-state index is 13.9. The summed E-state index contributed by atoms with van der Waals surface area (Å²) in [4.78, 5) is 4.34. The average molecular weight is 341 g/mol. The number of nitrogen functional groups attached to an aromatic ring is 1. The predicted octanol–water partition coefficient (Wildman–Crippen LogP) is 4.14. The fraction of sp³-hybridized carbons (Fsp3) is 0. The first-order chi connectivity index (χ1) is 9.06. The summed E-state index contributed by atoms with van der Waals surface area (Å²) in [6, 6.07) is 7.95. The lowest BCUT2D eigenvalue weighted by Gasteiger charge is -2.02. The number of rotatable bonds is 1. The number of hydrogen-bond donors (Lipinski definition) is 1. The van der Waals surface area contributed by atoms with E-state index in [0.717, 1.165) is 4.47 Å². The number of halogens is 3. The van der Waals surface area contributed by atoms with Gasteiger partial charge in [0.15, 0.2) is 0 Å². The predicted molar refractivity (Wildman–Crippen MR) is 77.7 cm³/mol. The van der Waals surface area contributed by atoms with E-state index in [9.17, 15) is 4.39 Å². The summed E-state index contributed by atoms with van der Waals surface area (Å²) < 4.78 is 16.4. The van der Waals surface area contributed by atoms with Gasteiger partial charge in [-0.25, -0.2) is 9.37 Å². The molecule has 0 saturated carbocycles. The van der Waals surface area contributed by atoms with Crippen LogP contribution in [0.15, 0.2) is 41.0 Å². The van der Waals surface area contributed by atoms with Crippen molar-refractivity contribution in [2.24, 2.45) is 0 Å². The van der Waals surface area contributed by atoms with Crippen molar-refractivity contribution >= 4 is 39.0 Å². The third-order valence-electron chi connectivity index (χ3n) is 2.80. The number of imidazole rings is 1. The number of pyridine rings is 1. The molecule has 1 aromatic carbocycles. The molecule has 96 valence electrons. The third kappa shape index (κ3) is 2.09. The quantitative estimate of drug-likeness (QED) is 0.723. The molecule has 0 spiro atoms. The topological polar surface area (TPSA) is 43.3 Å². The molecule has 0 aliphatic carbocycles. The van der Waals surface area contributed by atoms with Crippen LogP contribution in [0.5, 0.6) is 0 Å². The van der Waals surface area contributed by atoms with Crippen LogP contribution >= 0.6 is 27.5 Å². The molecule has 0 saturated heterocycles. The van der Waals surface area contributed by atoms with E-state index >= 15 is 0 Å². The first kappa shape index (κ1) is 12.4. The van der Waals surface area contributed by atoms with Gasteiger partial charge in [-0.2, -0.15) is 0 Å². The number of nitrogens with two attached hydrogens (primary N) is 1. The van der Waals surface area contributed by atoms with Gasteiger partial charge in [-0.3, -0.25) is 4.40 Å². The first-order valence-electron chi connectivity index (χ1n) is 5.45. The fourth-order valence-corrected chi connectivity index (χ4v) is 2.42. The Morgan fingerprint density at radius 3 is 2.84 bits per heavy atom. The van der Waals surface area contributed by atoms with Crippen LogP contribution in [0.1, 0.15) is 0 Å². The number of anilines is 1.